The van der Waals surface area contributed by atoms with Gasteiger partial charge in [0.25, 0.3) is 0 Å². The minimum absolute atomic E-state index is 0.137. The summed E-state index contributed by atoms with van der Waals surface area (Å²) < 4.78 is 27.4. The summed E-state index contributed by atoms with van der Waals surface area (Å²) in [4.78, 5) is 5.18. The van der Waals surface area contributed by atoms with Gasteiger partial charge in [0.15, 0.2) is 0 Å². The summed E-state index contributed by atoms with van der Waals surface area (Å²) >= 11 is 1.55. The standard InChI is InChI=1S/C14H19N3O2S2/c1-11(2)17(10-12-5-4-8-20-12)21(18,19)14-9-16-7-6-13(14)15-3/h4-9,11H,10H2,1-3H3,(H,15,16). The van der Waals surface area contributed by atoms with Crippen LogP contribution in [-0.4, -0.2) is 30.8 Å². The third kappa shape index (κ3) is 3.42. The highest BCUT2D eigenvalue weighted by Gasteiger charge is 2.29. The second-order valence-corrected chi connectivity index (χ2v) is 7.74. The number of hydrogen-bond donors (Lipinski definition) is 1. The number of hydrogen-bond acceptors (Lipinski definition) is 5. The molecule has 0 bridgehead atoms. The van der Waals surface area contributed by atoms with E-state index >= 15 is 0 Å². The highest BCUT2D eigenvalue weighted by atomic mass is 32.2. The van der Waals surface area contributed by atoms with Crippen molar-refractivity contribution in [1.29, 1.82) is 0 Å². The van der Waals surface area contributed by atoms with Crippen molar-refractivity contribution >= 4 is 27.0 Å². The summed E-state index contributed by atoms with van der Waals surface area (Å²) in [6, 6.07) is 5.39. The largest absolute Gasteiger partial charge is 0.387 e. The Bertz CT molecular complexity index is 682. The molecule has 0 aromatic carbocycles. The molecule has 21 heavy (non-hydrogen) atoms. The molecule has 0 aliphatic heterocycles. The van der Waals surface area contributed by atoms with Crippen LogP contribution in [0, 0.1) is 0 Å². The van der Waals surface area contributed by atoms with E-state index in [1.807, 2.05) is 31.4 Å². The third-order valence-electron chi connectivity index (χ3n) is 3.11. The van der Waals surface area contributed by atoms with Crippen LogP contribution in [0.3, 0.4) is 0 Å². The topological polar surface area (TPSA) is 62.3 Å². The monoisotopic (exact) mass is 325 g/mol. The summed E-state index contributed by atoms with van der Waals surface area (Å²) in [6.07, 6.45) is 2.97. The number of anilines is 1. The van der Waals surface area contributed by atoms with Gasteiger partial charge in [0, 0.05) is 36.9 Å². The molecule has 0 amide bonds. The second-order valence-electron chi connectivity index (χ2n) is 4.85. The Balaban J connectivity index is 2.42. The number of thiophene rings is 1. The Labute approximate surface area is 129 Å². The molecular weight excluding hydrogens is 306 g/mol. The number of pyridine rings is 1. The van der Waals surface area contributed by atoms with Crippen LogP contribution in [0.15, 0.2) is 40.9 Å². The minimum atomic E-state index is -3.60. The molecule has 0 saturated heterocycles. The van der Waals surface area contributed by atoms with Gasteiger partial charge in [0.1, 0.15) is 4.90 Å². The van der Waals surface area contributed by atoms with Gasteiger partial charge < -0.3 is 5.32 Å². The number of rotatable bonds is 6. The van der Waals surface area contributed by atoms with Gasteiger partial charge in [-0.1, -0.05) is 6.07 Å². The van der Waals surface area contributed by atoms with E-state index in [9.17, 15) is 8.42 Å². The molecule has 2 aromatic heterocycles. The molecule has 1 N–H and O–H groups in total. The van der Waals surface area contributed by atoms with Crippen LogP contribution in [0.5, 0.6) is 0 Å². The molecule has 0 spiro atoms. The van der Waals surface area contributed by atoms with E-state index in [0.29, 0.717) is 12.2 Å². The SMILES string of the molecule is CNc1ccncc1S(=O)(=O)N(Cc1cccs1)C(C)C. The van der Waals surface area contributed by atoms with Crippen LogP contribution in [0.25, 0.3) is 0 Å². The Morgan fingerprint density at radius 3 is 2.71 bits per heavy atom. The number of sulfonamides is 1. The Kier molecular flexibility index (Phi) is 4.97. The summed E-state index contributed by atoms with van der Waals surface area (Å²) in [5.41, 5.74) is 0.557. The molecule has 0 fully saturated rings. The molecule has 0 atom stereocenters. The molecule has 0 aliphatic carbocycles. The Morgan fingerprint density at radius 1 is 1.38 bits per heavy atom. The number of aromatic nitrogens is 1. The summed E-state index contributed by atoms with van der Waals surface area (Å²) in [5, 5.41) is 4.86. The maximum Gasteiger partial charge on any atom is 0.247 e. The molecule has 0 aliphatic rings. The lowest BCUT2D eigenvalue weighted by molar-refractivity contribution is 0.350. The van der Waals surface area contributed by atoms with Crippen LogP contribution in [0.1, 0.15) is 18.7 Å². The maximum absolute atomic E-state index is 12.9. The van der Waals surface area contributed by atoms with Crippen LogP contribution in [0.2, 0.25) is 0 Å². The van der Waals surface area contributed by atoms with Crippen molar-refractivity contribution in [2.24, 2.45) is 0 Å². The molecule has 0 radical (unpaired) electrons. The summed E-state index contributed by atoms with van der Waals surface area (Å²) in [7, 11) is -1.90. The Morgan fingerprint density at radius 2 is 2.14 bits per heavy atom. The van der Waals surface area contributed by atoms with E-state index in [1.165, 1.54) is 10.5 Å². The summed E-state index contributed by atoms with van der Waals surface area (Å²) in [5.74, 6) is 0. The lowest BCUT2D eigenvalue weighted by atomic mass is 10.4. The van der Waals surface area contributed by atoms with E-state index in [0.717, 1.165) is 4.88 Å². The van der Waals surface area contributed by atoms with Crippen LogP contribution < -0.4 is 5.32 Å². The zero-order chi connectivity index (χ0) is 15.5. The molecule has 0 saturated carbocycles. The molecule has 2 aromatic rings. The minimum Gasteiger partial charge on any atom is -0.387 e. The van der Waals surface area contributed by atoms with Gasteiger partial charge in [-0.25, -0.2) is 8.42 Å². The molecule has 0 unspecified atom stereocenters. The van der Waals surface area contributed by atoms with Crippen LogP contribution in [-0.2, 0) is 16.6 Å². The van der Waals surface area contributed by atoms with E-state index < -0.39 is 10.0 Å². The molecule has 2 heterocycles. The Hall–Kier alpha value is -1.44. The predicted octanol–water partition coefficient (Wildman–Crippen LogP) is 2.78. The predicted molar refractivity (Wildman–Crippen MR) is 86.0 cm³/mol. The van der Waals surface area contributed by atoms with Crippen molar-refractivity contribution in [1.82, 2.24) is 9.29 Å². The first-order valence-electron chi connectivity index (χ1n) is 6.62. The smallest absolute Gasteiger partial charge is 0.247 e. The van der Waals surface area contributed by atoms with Crippen molar-refractivity contribution < 1.29 is 8.42 Å². The van der Waals surface area contributed by atoms with Crippen LogP contribution >= 0.6 is 11.3 Å². The number of nitrogens with one attached hydrogen (secondary N) is 1. The first-order chi connectivity index (χ1) is 9.96. The maximum atomic E-state index is 12.9. The van der Waals surface area contributed by atoms with Gasteiger partial charge in [0.2, 0.25) is 10.0 Å². The first kappa shape index (κ1) is 15.9. The van der Waals surface area contributed by atoms with Gasteiger partial charge in [-0.3, -0.25) is 4.98 Å². The second kappa shape index (κ2) is 6.55. The highest BCUT2D eigenvalue weighted by molar-refractivity contribution is 7.89. The van der Waals surface area contributed by atoms with E-state index in [-0.39, 0.29) is 10.9 Å². The highest BCUT2D eigenvalue weighted by Crippen LogP contribution is 2.27. The molecule has 114 valence electrons. The third-order valence-corrected chi connectivity index (χ3v) is 6.02. The van der Waals surface area contributed by atoms with Crippen molar-refractivity contribution in [3.63, 3.8) is 0 Å². The fraction of sp³-hybridized carbons (Fsp3) is 0.357. The van der Waals surface area contributed by atoms with Gasteiger partial charge >= 0.3 is 0 Å². The lowest BCUT2D eigenvalue weighted by Gasteiger charge is -2.26. The van der Waals surface area contributed by atoms with Crippen molar-refractivity contribution in [3.8, 4) is 0 Å². The molecule has 7 heteroatoms. The van der Waals surface area contributed by atoms with Gasteiger partial charge in [-0.2, -0.15) is 4.31 Å². The van der Waals surface area contributed by atoms with Gasteiger partial charge in [-0.05, 0) is 31.4 Å². The fourth-order valence-corrected chi connectivity index (χ4v) is 4.56. The van der Waals surface area contributed by atoms with Crippen molar-refractivity contribution in [3.05, 3.63) is 40.8 Å². The van der Waals surface area contributed by atoms with Crippen molar-refractivity contribution in [2.45, 2.75) is 31.3 Å². The van der Waals surface area contributed by atoms with E-state index in [2.05, 4.69) is 10.3 Å². The van der Waals surface area contributed by atoms with Gasteiger partial charge in [0.05, 0.1) is 5.69 Å². The quantitative estimate of drug-likeness (QED) is 0.887. The first-order valence-corrected chi connectivity index (χ1v) is 8.94. The van der Waals surface area contributed by atoms with Crippen LogP contribution in [0.4, 0.5) is 5.69 Å². The van der Waals surface area contributed by atoms with Gasteiger partial charge in [-0.15, -0.1) is 11.3 Å². The molecule has 2 rings (SSSR count). The zero-order valence-corrected chi connectivity index (χ0v) is 13.9. The zero-order valence-electron chi connectivity index (χ0n) is 12.3. The van der Waals surface area contributed by atoms with Crippen molar-refractivity contribution in [2.75, 3.05) is 12.4 Å². The fourth-order valence-electron chi connectivity index (χ4n) is 2.02. The molecule has 5 nitrogen and oxygen atoms in total. The van der Waals surface area contributed by atoms with E-state index in [1.54, 1.807) is 30.6 Å². The normalized spacial score (nSPS) is 12.0. The van der Waals surface area contributed by atoms with E-state index in [4.69, 9.17) is 0 Å². The average Bonchev–Trinajstić information content (AvgIpc) is 2.97. The lowest BCUT2D eigenvalue weighted by Crippen LogP contribution is -2.36. The number of nitrogens with zero attached hydrogens (tertiary/aromatic N) is 2. The molecular formula is C14H19N3O2S2. The summed E-state index contributed by atoms with van der Waals surface area (Å²) in [6.45, 7) is 4.12. The average molecular weight is 325 g/mol.